The van der Waals surface area contributed by atoms with Gasteiger partial charge in [0.25, 0.3) is 0 Å². The van der Waals surface area contributed by atoms with Gasteiger partial charge >= 0.3 is 0 Å². The molecule has 0 saturated heterocycles. The normalized spacial score (nSPS) is 12.1. The van der Waals surface area contributed by atoms with Crippen LogP contribution in [0.25, 0.3) is 10.6 Å². The number of thiazole rings is 1. The van der Waals surface area contributed by atoms with Gasteiger partial charge in [0.05, 0.1) is 5.69 Å². The first kappa shape index (κ1) is 19.7. The molecule has 0 aliphatic heterocycles. The summed E-state index contributed by atoms with van der Waals surface area (Å²) in [5.74, 6) is 2.38. The van der Waals surface area contributed by atoms with Crippen LogP contribution >= 0.6 is 23.1 Å². The summed E-state index contributed by atoms with van der Waals surface area (Å²) in [4.78, 5) is 4.77. The van der Waals surface area contributed by atoms with Crippen LogP contribution in [0.4, 0.5) is 0 Å². The SMILES string of the molecule is Cc1ccc(-c2nc(CSc3nnc(C(C)Oc4ccccc4)n3C)cs2)cc1. The maximum Gasteiger partial charge on any atom is 0.191 e. The van der Waals surface area contributed by atoms with E-state index >= 15 is 0 Å². The van der Waals surface area contributed by atoms with Crippen molar-refractivity contribution in [1.82, 2.24) is 19.7 Å². The highest BCUT2D eigenvalue weighted by atomic mass is 32.2. The molecule has 0 spiro atoms. The first-order valence-corrected chi connectivity index (χ1v) is 11.2. The largest absolute Gasteiger partial charge is 0.483 e. The molecule has 148 valence electrons. The summed E-state index contributed by atoms with van der Waals surface area (Å²) in [6.45, 7) is 4.08. The first-order valence-electron chi connectivity index (χ1n) is 9.35. The maximum absolute atomic E-state index is 5.97. The fraction of sp³-hybridized carbons (Fsp3) is 0.227. The molecule has 7 heteroatoms. The topological polar surface area (TPSA) is 52.8 Å². The third-order valence-electron chi connectivity index (χ3n) is 4.49. The Kier molecular flexibility index (Phi) is 5.97. The van der Waals surface area contributed by atoms with E-state index in [0.717, 1.165) is 38.7 Å². The minimum atomic E-state index is -0.184. The van der Waals surface area contributed by atoms with Crippen molar-refractivity contribution in [2.75, 3.05) is 0 Å². The molecule has 0 aliphatic rings. The minimum absolute atomic E-state index is 0.184. The van der Waals surface area contributed by atoms with E-state index in [2.05, 4.69) is 46.8 Å². The predicted octanol–water partition coefficient (Wildman–Crippen LogP) is 5.68. The van der Waals surface area contributed by atoms with E-state index in [9.17, 15) is 0 Å². The molecular weight excluding hydrogens is 400 g/mol. The summed E-state index contributed by atoms with van der Waals surface area (Å²) >= 11 is 3.31. The standard InChI is InChI=1S/C22H22N4OS2/c1-15-9-11-17(12-10-15)21-23-18(13-28-21)14-29-22-25-24-20(26(22)3)16(2)27-19-7-5-4-6-8-19/h4-13,16H,14H2,1-3H3. The van der Waals surface area contributed by atoms with E-state index in [4.69, 9.17) is 9.72 Å². The van der Waals surface area contributed by atoms with E-state index in [1.807, 2.05) is 48.9 Å². The van der Waals surface area contributed by atoms with Crippen molar-refractivity contribution in [2.24, 2.45) is 7.05 Å². The number of para-hydroxylation sites is 1. The maximum atomic E-state index is 5.97. The molecule has 0 radical (unpaired) electrons. The predicted molar refractivity (Wildman–Crippen MR) is 118 cm³/mol. The Morgan fingerprint density at radius 1 is 1.07 bits per heavy atom. The minimum Gasteiger partial charge on any atom is -0.483 e. The molecular formula is C22H22N4OS2. The fourth-order valence-electron chi connectivity index (χ4n) is 2.90. The number of hydrogen-bond donors (Lipinski definition) is 0. The number of rotatable bonds is 7. The van der Waals surface area contributed by atoms with Gasteiger partial charge < -0.3 is 9.30 Å². The monoisotopic (exact) mass is 422 g/mol. The fourth-order valence-corrected chi connectivity index (χ4v) is 4.64. The molecule has 0 saturated carbocycles. The van der Waals surface area contributed by atoms with Gasteiger partial charge in [0.15, 0.2) is 17.1 Å². The second-order valence-corrected chi connectivity index (χ2v) is 8.57. The zero-order valence-corrected chi connectivity index (χ0v) is 18.2. The lowest BCUT2D eigenvalue weighted by molar-refractivity contribution is 0.211. The van der Waals surface area contributed by atoms with Gasteiger partial charge in [-0.1, -0.05) is 59.8 Å². The van der Waals surface area contributed by atoms with Crippen LogP contribution in [0.5, 0.6) is 5.75 Å². The molecule has 4 rings (SSSR count). The molecule has 1 unspecified atom stereocenters. The molecule has 0 N–H and O–H groups in total. The van der Waals surface area contributed by atoms with Gasteiger partial charge in [-0.2, -0.15) is 0 Å². The van der Waals surface area contributed by atoms with Gasteiger partial charge in [0.1, 0.15) is 10.8 Å². The number of aromatic nitrogens is 4. The van der Waals surface area contributed by atoms with E-state index < -0.39 is 0 Å². The van der Waals surface area contributed by atoms with Crippen LogP contribution in [0.2, 0.25) is 0 Å². The van der Waals surface area contributed by atoms with E-state index in [1.54, 1.807) is 23.1 Å². The molecule has 2 aromatic carbocycles. The summed E-state index contributed by atoms with van der Waals surface area (Å²) in [5, 5.41) is 12.7. The summed E-state index contributed by atoms with van der Waals surface area (Å²) in [6, 6.07) is 18.2. The van der Waals surface area contributed by atoms with Gasteiger partial charge in [-0.3, -0.25) is 0 Å². The van der Waals surface area contributed by atoms with Crippen LogP contribution < -0.4 is 4.74 Å². The molecule has 5 nitrogen and oxygen atoms in total. The average Bonchev–Trinajstić information content (AvgIpc) is 3.34. The van der Waals surface area contributed by atoms with Gasteiger partial charge in [0, 0.05) is 23.7 Å². The second kappa shape index (κ2) is 8.80. The van der Waals surface area contributed by atoms with E-state index in [-0.39, 0.29) is 6.10 Å². The second-order valence-electron chi connectivity index (χ2n) is 6.77. The van der Waals surface area contributed by atoms with Crippen molar-refractivity contribution in [3.05, 3.63) is 77.1 Å². The number of aryl methyl sites for hydroxylation is 1. The van der Waals surface area contributed by atoms with Gasteiger partial charge in [-0.25, -0.2) is 4.98 Å². The Labute approximate surface area is 178 Å². The lowest BCUT2D eigenvalue weighted by Crippen LogP contribution is -2.10. The Morgan fingerprint density at radius 3 is 2.59 bits per heavy atom. The van der Waals surface area contributed by atoms with Crippen molar-refractivity contribution in [3.8, 4) is 16.3 Å². The van der Waals surface area contributed by atoms with Crippen molar-refractivity contribution in [2.45, 2.75) is 30.9 Å². The highest BCUT2D eigenvalue weighted by molar-refractivity contribution is 7.98. The molecule has 0 amide bonds. The molecule has 4 aromatic rings. The molecule has 0 fully saturated rings. The van der Waals surface area contributed by atoms with Crippen LogP contribution in [0.3, 0.4) is 0 Å². The highest BCUT2D eigenvalue weighted by Crippen LogP contribution is 2.29. The third kappa shape index (κ3) is 4.68. The van der Waals surface area contributed by atoms with E-state index in [1.165, 1.54) is 5.56 Å². The highest BCUT2D eigenvalue weighted by Gasteiger charge is 2.17. The van der Waals surface area contributed by atoms with Gasteiger partial charge in [0.2, 0.25) is 0 Å². The number of benzene rings is 2. The van der Waals surface area contributed by atoms with Crippen LogP contribution in [0.15, 0.2) is 65.1 Å². The van der Waals surface area contributed by atoms with Crippen LogP contribution in [-0.4, -0.2) is 19.7 Å². The van der Waals surface area contributed by atoms with Gasteiger partial charge in [-0.05, 0) is 26.0 Å². The molecule has 1 atom stereocenters. The van der Waals surface area contributed by atoms with Crippen molar-refractivity contribution in [3.63, 3.8) is 0 Å². The summed E-state index contributed by atoms with van der Waals surface area (Å²) < 4.78 is 7.97. The molecule has 2 aromatic heterocycles. The number of thioether (sulfide) groups is 1. The first-order chi connectivity index (χ1) is 14.1. The molecule has 0 bridgehead atoms. The Bertz CT molecular complexity index is 1070. The zero-order valence-electron chi connectivity index (χ0n) is 16.6. The molecule has 29 heavy (non-hydrogen) atoms. The van der Waals surface area contributed by atoms with Gasteiger partial charge in [-0.15, -0.1) is 21.5 Å². The number of ether oxygens (including phenoxy) is 1. The van der Waals surface area contributed by atoms with Crippen LogP contribution in [0, 0.1) is 6.92 Å². The van der Waals surface area contributed by atoms with Crippen molar-refractivity contribution >= 4 is 23.1 Å². The lowest BCUT2D eigenvalue weighted by Gasteiger charge is -2.14. The van der Waals surface area contributed by atoms with Crippen molar-refractivity contribution in [1.29, 1.82) is 0 Å². The Morgan fingerprint density at radius 2 is 1.83 bits per heavy atom. The third-order valence-corrected chi connectivity index (χ3v) is 6.48. The summed E-state index contributed by atoms with van der Waals surface area (Å²) in [7, 11) is 1.97. The molecule has 2 heterocycles. The Balaban J connectivity index is 1.40. The van der Waals surface area contributed by atoms with Crippen LogP contribution in [0.1, 0.15) is 30.1 Å². The number of nitrogens with zero attached hydrogens (tertiary/aromatic N) is 4. The smallest absolute Gasteiger partial charge is 0.191 e. The quantitative estimate of drug-likeness (QED) is 0.359. The van der Waals surface area contributed by atoms with Crippen molar-refractivity contribution < 1.29 is 4.74 Å². The average molecular weight is 423 g/mol. The molecule has 0 aliphatic carbocycles. The zero-order chi connectivity index (χ0) is 20.2. The number of hydrogen-bond acceptors (Lipinski definition) is 6. The lowest BCUT2D eigenvalue weighted by atomic mass is 10.2. The summed E-state index contributed by atoms with van der Waals surface area (Å²) in [6.07, 6.45) is -0.184. The Hall–Kier alpha value is -2.64. The van der Waals surface area contributed by atoms with Crippen LogP contribution in [-0.2, 0) is 12.8 Å². The van der Waals surface area contributed by atoms with E-state index in [0.29, 0.717) is 0 Å². The summed E-state index contributed by atoms with van der Waals surface area (Å²) in [5.41, 5.74) is 3.46.